The van der Waals surface area contributed by atoms with Gasteiger partial charge in [-0.25, -0.2) is 0 Å². The number of ether oxygens (including phenoxy) is 1. The summed E-state index contributed by atoms with van der Waals surface area (Å²) in [6.07, 6.45) is 3.64. The number of nitrogens with one attached hydrogen (secondary N) is 1. The molecule has 0 aromatic heterocycles. The second-order valence-electron chi connectivity index (χ2n) is 6.31. The number of nitrogens with zero attached hydrogens (tertiary/aromatic N) is 3. The fourth-order valence-corrected chi connectivity index (χ4v) is 2.50. The molecule has 0 aliphatic carbocycles. The highest BCUT2D eigenvalue weighted by Gasteiger charge is 2.15. The Morgan fingerprint density at radius 2 is 1.86 bits per heavy atom. The Hall–Kier alpha value is -0.0800. The first-order valence-corrected chi connectivity index (χ1v) is 8.24. The van der Waals surface area contributed by atoms with Gasteiger partial charge in [-0.1, -0.05) is 0 Å². The van der Waals surface area contributed by atoms with E-state index in [2.05, 4.69) is 48.1 Å². The molecule has 1 fully saturated rings. The van der Waals surface area contributed by atoms with Gasteiger partial charge in [-0.3, -0.25) is 4.99 Å². The van der Waals surface area contributed by atoms with Crippen molar-refractivity contribution in [1.82, 2.24) is 15.1 Å². The van der Waals surface area contributed by atoms with Gasteiger partial charge in [0.2, 0.25) is 0 Å². The third-order valence-corrected chi connectivity index (χ3v) is 4.42. The van der Waals surface area contributed by atoms with E-state index in [0.717, 1.165) is 44.7 Å². The van der Waals surface area contributed by atoms with E-state index < -0.39 is 0 Å². The molecular formula is C16H35IN4O. The maximum Gasteiger partial charge on any atom is 0.193 e. The number of guanidine groups is 1. The number of aliphatic imine (C=N–C) groups is 1. The fraction of sp³-hybridized carbons (Fsp3) is 0.938. The second-order valence-corrected chi connectivity index (χ2v) is 6.31. The first kappa shape index (κ1) is 21.9. The van der Waals surface area contributed by atoms with Crippen LogP contribution in [0.3, 0.4) is 0 Å². The highest BCUT2D eigenvalue weighted by molar-refractivity contribution is 14.0. The first-order chi connectivity index (χ1) is 10.0. The van der Waals surface area contributed by atoms with Crippen LogP contribution >= 0.6 is 24.0 Å². The van der Waals surface area contributed by atoms with Crippen molar-refractivity contribution < 1.29 is 4.74 Å². The Balaban J connectivity index is 0.00000441. The fourth-order valence-electron chi connectivity index (χ4n) is 2.50. The lowest BCUT2D eigenvalue weighted by molar-refractivity contribution is 0.0625. The van der Waals surface area contributed by atoms with Crippen LogP contribution in [0.1, 0.15) is 33.1 Å². The molecule has 0 radical (unpaired) electrons. The lowest BCUT2D eigenvalue weighted by Gasteiger charge is -2.27. The summed E-state index contributed by atoms with van der Waals surface area (Å²) in [5.41, 5.74) is 0. The van der Waals surface area contributed by atoms with E-state index in [-0.39, 0.29) is 24.0 Å². The Bertz CT molecular complexity index is 307. The van der Waals surface area contributed by atoms with Crippen LogP contribution in [0.4, 0.5) is 0 Å². The van der Waals surface area contributed by atoms with Gasteiger partial charge in [0.15, 0.2) is 5.96 Å². The molecule has 0 unspecified atom stereocenters. The number of rotatable bonds is 7. The SMILES string of the molecule is CN=C(NCCN(C)C(C)C)N(C)CCC1CCOCC1.I. The molecule has 0 atom stereocenters. The second kappa shape index (κ2) is 12.4. The first-order valence-electron chi connectivity index (χ1n) is 8.24. The molecule has 1 N–H and O–H groups in total. The molecule has 0 aromatic carbocycles. The van der Waals surface area contributed by atoms with Gasteiger partial charge >= 0.3 is 0 Å². The van der Waals surface area contributed by atoms with Gasteiger partial charge in [-0.05, 0) is 46.1 Å². The van der Waals surface area contributed by atoms with E-state index >= 15 is 0 Å². The average Bonchev–Trinajstić information content (AvgIpc) is 2.50. The van der Waals surface area contributed by atoms with Crippen LogP contribution < -0.4 is 5.32 Å². The van der Waals surface area contributed by atoms with Crippen LogP contribution in [-0.2, 0) is 4.74 Å². The van der Waals surface area contributed by atoms with E-state index in [1.54, 1.807) is 0 Å². The zero-order valence-electron chi connectivity index (χ0n) is 15.0. The molecule has 1 saturated heterocycles. The molecule has 0 aromatic rings. The van der Waals surface area contributed by atoms with Crippen LogP contribution in [0.2, 0.25) is 0 Å². The Morgan fingerprint density at radius 3 is 2.41 bits per heavy atom. The molecule has 5 nitrogen and oxygen atoms in total. The highest BCUT2D eigenvalue weighted by atomic mass is 127. The van der Waals surface area contributed by atoms with Crippen LogP contribution in [0.15, 0.2) is 4.99 Å². The Kier molecular flexibility index (Phi) is 12.3. The minimum absolute atomic E-state index is 0. The Morgan fingerprint density at radius 1 is 1.23 bits per heavy atom. The summed E-state index contributed by atoms with van der Waals surface area (Å²) >= 11 is 0. The van der Waals surface area contributed by atoms with E-state index in [4.69, 9.17) is 4.74 Å². The van der Waals surface area contributed by atoms with Crippen molar-refractivity contribution >= 4 is 29.9 Å². The maximum atomic E-state index is 5.42. The van der Waals surface area contributed by atoms with Crippen LogP contribution in [-0.4, -0.2) is 75.8 Å². The minimum Gasteiger partial charge on any atom is -0.381 e. The summed E-state index contributed by atoms with van der Waals surface area (Å²) in [5.74, 6) is 1.81. The zero-order chi connectivity index (χ0) is 15.7. The molecule has 1 rings (SSSR count). The van der Waals surface area contributed by atoms with E-state index in [1.165, 1.54) is 19.3 Å². The molecule has 22 heavy (non-hydrogen) atoms. The molecule has 1 heterocycles. The van der Waals surface area contributed by atoms with Crippen LogP contribution in [0.5, 0.6) is 0 Å². The number of halogens is 1. The Labute approximate surface area is 153 Å². The van der Waals surface area contributed by atoms with Crippen molar-refractivity contribution in [2.45, 2.75) is 39.2 Å². The summed E-state index contributed by atoms with van der Waals surface area (Å²) < 4.78 is 5.42. The van der Waals surface area contributed by atoms with Crippen molar-refractivity contribution in [3.05, 3.63) is 0 Å². The zero-order valence-corrected chi connectivity index (χ0v) is 17.3. The van der Waals surface area contributed by atoms with Gasteiger partial charge in [0.1, 0.15) is 0 Å². The van der Waals surface area contributed by atoms with Gasteiger partial charge in [0.25, 0.3) is 0 Å². The van der Waals surface area contributed by atoms with Crippen LogP contribution in [0.25, 0.3) is 0 Å². The average molecular weight is 426 g/mol. The van der Waals surface area contributed by atoms with E-state index in [9.17, 15) is 0 Å². The lowest BCUT2D eigenvalue weighted by Crippen LogP contribution is -2.43. The third kappa shape index (κ3) is 8.53. The van der Waals surface area contributed by atoms with Gasteiger partial charge in [-0.2, -0.15) is 0 Å². The topological polar surface area (TPSA) is 40.1 Å². The molecule has 6 heteroatoms. The summed E-state index contributed by atoms with van der Waals surface area (Å²) in [7, 11) is 6.14. The van der Waals surface area contributed by atoms with E-state index in [0.29, 0.717) is 6.04 Å². The van der Waals surface area contributed by atoms with Gasteiger partial charge in [0.05, 0.1) is 0 Å². The highest BCUT2D eigenvalue weighted by Crippen LogP contribution is 2.18. The normalized spacial score (nSPS) is 16.8. The molecule has 132 valence electrons. The van der Waals surface area contributed by atoms with Crippen molar-refractivity contribution in [3.63, 3.8) is 0 Å². The number of likely N-dealkylation sites (N-methyl/N-ethyl adjacent to an activating group) is 1. The lowest BCUT2D eigenvalue weighted by atomic mass is 9.96. The predicted molar refractivity (Wildman–Crippen MR) is 105 cm³/mol. The third-order valence-electron chi connectivity index (χ3n) is 4.42. The molecule has 1 aliphatic rings. The minimum atomic E-state index is 0. The monoisotopic (exact) mass is 426 g/mol. The molecule has 0 amide bonds. The van der Waals surface area contributed by atoms with E-state index in [1.807, 2.05) is 7.05 Å². The molecule has 1 aliphatic heterocycles. The standard InChI is InChI=1S/C16H34N4O.HI/c1-14(2)19(4)11-9-18-16(17-3)20(5)10-6-15-7-12-21-13-8-15;/h14-15H,6-13H2,1-5H3,(H,17,18);1H. The summed E-state index contributed by atoms with van der Waals surface area (Å²) in [5, 5.41) is 3.45. The molecular weight excluding hydrogens is 391 g/mol. The van der Waals surface area contributed by atoms with Gasteiger partial charge < -0.3 is 19.9 Å². The molecule has 0 saturated carbocycles. The van der Waals surface area contributed by atoms with Gasteiger partial charge in [0, 0.05) is 53.0 Å². The quantitative estimate of drug-likeness (QED) is 0.385. The summed E-state index contributed by atoms with van der Waals surface area (Å²) in [4.78, 5) is 8.96. The smallest absolute Gasteiger partial charge is 0.193 e. The van der Waals surface area contributed by atoms with Gasteiger partial charge in [-0.15, -0.1) is 24.0 Å². The van der Waals surface area contributed by atoms with Crippen molar-refractivity contribution in [2.75, 3.05) is 54.0 Å². The summed E-state index contributed by atoms with van der Waals surface area (Å²) in [6, 6.07) is 0.583. The van der Waals surface area contributed by atoms with Crippen LogP contribution in [0, 0.1) is 5.92 Å². The van der Waals surface area contributed by atoms with Crippen molar-refractivity contribution in [1.29, 1.82) is 0 Å². The summed E-state index contributed by atoms with van der Waals surface area (Å²) in [6.45, 7) is 9.33. The predicted octanol–water partition coefficient (Wildman–Crippen LogP) is 2.27. The largest absolute Gasteiger partial charge is 0.381 e. The van der Waals surface area contributed by atoms with Crippen molar-refractivity contribution in [2.24, 2.45) is 10.9 Å². The molecule has 0 spiro atoms. The number of hydrogen-bond donors (Lipinski definition) is 1. The number of hydrogen-bond acceptors (Lipinski definition) is 3. The van der Waals surface area contributed by atoms with Crippen molar-refractivity contribution in [3.8, 4) is 0 Å². The molecule has 0 bridgehead atoms. The maximum absolute atomic E-state index is 5.42.